The first-order chi connectivity index (χ1) is 12.1. The molecule has 2 aromatic rings. The average molecular weight is 346 g/mol. The molecule has 2 rings (SSSR count). The van der Waals surface area contributed by atoms with Crippen LogP contribution in [0.1, 0.15) is 6.42 Å². The summed E-state index contributed by atoms with van der Waals surface area (Å²) in [5, 5.41) is 15.6. The fourth-order valence-electron chi connectivity index (χ4n) is 2.05. The number of rotatable bonds is 9. The second-order valence-electron chi connectivity index (χ2n) is 5.43. The molecule has 0 spiro atoms. The lowest BCUT2D eigenvalue weighted by molar-refractivity contribution is -0.131. The maximum absolute atomic E-state index is 11.9. The van der Waals surface area contributed by atoms with Crippen LogP contribution in [0.2, 0.25) is 0 Å². The van der Waals surface area contributed by atoms with Gasteiger partial charge in [-0.2, -0.15) is 5.10 Å². The molecule has 0 aliphatic heterocycles. The van der Waals surface area contributed by atoms with Crippen LogP contribution in [0.15, 0.2) is 42.7 Å². The zero-order valence-electron chi connectivity index (χ0n) is 14.1. The molecule has 0 radical (unpaired) electrons. The smallest absolute Gasteiger partial charge is 0.244 e. The van der Waals surface area contributed by atoms with Gasteiger partial charge in [-0.05, 0) is 12.1 Å². The van der Waals surface area contributed by atoms with E-state index in [1.807, 2.05) is 30.3 Å². The number of amides is 2. The third kappa shape index (κ3) is 6.27. The van der Waals surface area contributed by atoms with E-state index in [1.165, 1.54) is 15.8 Å². The van der Waals surface area contributed by atoms with Crippen molar-refractivity contribution in [3.8, 4) is 5.75 Å². The van der Waals surface area contributed by atoms with Crippen LogP contribution in [0.5, 0.6) is 5.75 Å². The number of carbonyl (C=O) groups is 2. The highest BCUT2D eigenvalue weighted by Gasteiger charge is 2.11. The zero-order valence-corrected chi connectivity index (χ0v) is 14.1. The Labute approximate surface area is 146 Å². The lowest BCUT2D eigenvalue weighted by Crippen LogP contribution is -2.32. The number of hydrogen-bond donors (Lipinski definition) is 2. The number of likely N-dealkylation sites (N-methyl/N-ethyl adjacent to an activating group) is 1. The number of carbonyl (C=O) groups excluding carboxylic acids is 2. The number of nitrogens with zero attached hydrogens (tertiary/aromatic N) is 3. The van der Waals surface area contributed by atoms with Crippen molar-refractivity contribution in [2.75, 3.05) is 32.1 Å². The van der Waals surface area contributed by atoms with E-state index in [4.69, 9.17) is 9.84 Å². The normalized spacial score (nSPS) is 10.3. The van der Waals surface area contributed by atoms with Crippen LogP contribution in [-0.2, 0) is 16.1 Å². The Morgan fingerprint density at radius 2 is 2.08 bits per heavy atom. The van der Waals surface area contributed by atoms with E-state index in [-0.39, 0.29) is 44.5 Å². The van der Waals surface area contributed by atoms with Crippen molar-refractivity contribution in [3.05, 3.63) is 42.7 Å². The Morgan fingerprint density at radius 3 is 2.80 bits per heavy atom. The summed E-state index contributed by atoms with van der Waals surface area (Å²) in [5.74, 6) is 0.346. The minimum atomic E-state index is -0.195. The Hall–Kier alpha value is -2.87. The van der Waals surface area contributed by atoms with Crippen LogP contribution in [0.25, 0.3) is 0 Å². The number of hydrogen-bond acceptors (Lipinski definition) is 5. The van der Waals surface area contributed by atoms with Crippen LogP contribution in [0, 0.1) is 0 Å². The summed E-state index contributed by atoms with van der Waals surface area (Å²) < 4.78 is 6.91. The van der Waals surface area contributed by atoms with E-state index < -0.39 is 0 Å². The molecule has 0 saturated heterocycles. The third-order valence-corrected chi connectivity index (χ3v) is 3.42. The summed E-state index contributed by atoms with van der Waals surface area (Å²) in [4.78, 5) is 25.2. The summed E-state index contributed by atoms with van der Waals surface area (Å²) >= 11 is 0. The first kappa shape index (κ1) is 18.5. The summed E-state index contributed by atoms with van der Waals surface area (Å²) in [6.45, 7) is 0.497. The largest absolute Gasteiger partial charge is 0.493 e. The number of aliphatic hydroxyl groups excluding tert-OH is 1. The van der Waals surface area contributed by atoms with Crippen molar-refractivity contribution in [2.45, 2.75) is 13.0 Å². The first-order valence-electron chi connectivity index (χ1n) is 7.93. The molecule has 2 amide bonds. The van der Waals surface area contributed by atoms with Crippen LogP contribution in [0.4, 0.5) is 5.69 Å². The number of ether oxygens (including phenoxy) is 1. The van der Waals surface area contributed by atoms with Gasteiger partial charge < -0.3 is 20.1 Å². The van der Waals surface area contributed by atoms with E-state index >= 15 is 0 Å². The third-order valence-electron chi connectivity index (χ3n) is 3.42. The lowest BCUT2D eigenvalue weighted by atomic mass is 10.3. The van der Waals surface area contributed by atoms with Gasteiger partial charge in [-0.25, -0.2) is 0 Å². The van der Waals surface area contributed by atoms with Crippen LogP contribution >= 0.6 is 0 Å². The van der Waals surface area contributed by atoms with Crippen molar-refractivity contribution in [2.24, 2.45) is 0 Å². The predicted molar refractivity (Wildman–Crippen MR) is 92.1 cm³/mol. The van der Waals surface area contributed by atoms with Crippen molar-refractivity contribution in [3.63, 3.8) is 0 Å². The van der Waals surface area contributed by atoms with Crippen molar-refractivity contribution < 1.29 is 19.4 Å². The van der Waals surface area contributed by atoms with Crippen molar-refractivity contribution >= 4 is 17.5 Å². The number of aliphatic hydroxyl groups is 1. The Morgan fingerprint density at radius 1 is 1.32 bits per heavy atom. The van der Waals surface area contributed by atoms with Crippen molar-refractivity contribution in [1.29, 1.82) is 0 Å². The van der Waals surface area contributed by atoms with Gasteiger partial charge in [0.15, 0.2) is 0 Å². The Bertz CT molecular complexity index is 687. The monoisotopic (exact) mass is 346 g/mol. The van der Waals surface area contributed by atoms with Crippen LogP contribution in [-0.4, -0.2) is 58.4 Å². The summed E-state index contributed by atoms with van der Waals surface area (Å²) in [5.41, 5.74) is 0.516. The molecule has 0 aliphatic rings. The predicted octanol–water partition coefficient (Wildman–Crippen LogP) is 0.741. The fourth-order valence-corrected chi connectivity index (χ4v) is 2.05. The zero-order chi connectivity index (χ0) is 18.1. The lowest BCUT2D eigenvalue weighted by Gasteiger charge is -2.15. The van der Waals surface area contributed by atoms with Gasteiger partial charge in [0.25, 0.3) is 0 Å². The highest BCUT2D eigenvalue weighted by atomic mass is 16.5. The van der Waals surface area contributed by atoms with Gasteiger partial charge >= 0.3 is 0 Å². The van der Waals surface area contributed by atoms with E-state index in [2.05, 4.69) is 10.4 Å². The summed E-state index contributed by atoms with van der Waals surface area (Å²) in [6.07, 6.45) is 3.27. The van der Waals surface area contributed by atoms with Gasteiger partial charge in [0.05, 0.1) is 31.5 Å². The van der Waals surface area contributed by atoms with E-state index in [0.29, 0.717) is 11.4 Å². The molecule has 8 nitrogen and oxygen atoms in total. The molecule has 2 N–H and O–H groups in total. The summed E-state index contributed by atoms with van der Waals surface area (Å²) in [7, 11) is 1.61. The molecule has 0 fully saturated rings. The highest BCUT2D eigenvalue weighted by molar-refractivity contribution is 5.90. The molecule has 0 atom stereocenters. The van der Waals surface area contributed by atoms with Gasteiger partial charge in [-0.15, -0.1) is 0 Å². The van der Waals surface area contributed by atoms with E-state index in [9.17, 15) is 9.59 Å². The topological polar surface area (TPSA) is 96.7 Å². The SMILES string of the molecule is CN(CCO)C(=O)Cn1cc(NC(=O)CCOc2ccccc2)cn1. The molecule has 1 aromatic carbocycles. The van der Waals surface area contributed by atoms with Crippen molar-refractivity contribution in [1.82, 2.24) is 14.7 Å². The maximum Gasteiger partial charge on any atom is 0.244 e. The molecule has 0 saturated carbocycles. The van der Waals surface area contributed by atoms with Crippen LogP contribution in [0.3, 0.4) is 0 Å². The molecule has 134 valence electrons. The van der Waals surface area contributed by atoms with Gasteiger partial charge in [0, 0.05) is 19.8 Å². The minimum absolute atomic E-state index is 0.0451. The minimum Gasteiger partial charge on any atom is -0.493 e. The first-order valence-corrected chi connectivity index (χ1v) is 7.93. The van der Waals surface area contributed by atoms with E-state index in [1.54, 1.807) is 13.2 Å². The second-order valence-corrected chi connectivity index (χ2v) is 5.43. The Balaban J connectivity index is 1.74. The second kappa shape index (κ2) is 9.43. The van der Waals surface area contributed by atoms with E-state index in [0.717, 1.165) is 0 Å². The number of aromatic nitrogens is 2. The molecular formula is C17H22N4O4. The molecular weight excluding hydrogens is 324 g/mol. The molecule has 0 aliphatic carbocycles. The fraction of sp³-hybridized carbons (Fsp3) is 0.353. The number of nitrogens with one attached hydrogen (secondary N) is 1. The number of benzene rings is 1. The average Bonchev–Trinajstić information content (AvgIpc) is 3.02. The molecule has 0 bridgehead atoms. The molecule has 25 heavy (non-hydrogen) atoms. The van der Waals surface area contributed by atoms with Gasteiger partial charge in [-0.3, -0.25) is 14.3 Å². The van der Waals surface area contributed by atoms with Gasteiger partial charge in [0.1, 0.15) is 12.3 Å². The van der Waals surface area contributed by atoms with Gasteiger partial charge in [0.2, 0.25) is 11.8 Å². The number of anilines is 1. The molecule has 0 unspecified atom stereocenters. The Kier molecular flexibility index (Phi) is 6.97. The summed E-state index contributed by atoms with van der Waals surface area (Å²) in [6, 6.07) is 9.27. The number of para-hydroxylation sites is 1. The van der Waals surface area contributed by atoms with Gasteiger partial charge in [-0.1, -0.05) is 18.2 Å². The van der Waals surface area contributed by atoms with Crippen LogP contribution < -0.4 is 10.1 Å². The highest BCUT2D eigenvalue weighted by Crippen LogP contribution is 2.09. The molecule has 8 heteroatoms. The molecule has 1 heterocycles. The standard InChI is InChI=1S/C17H22N4O4/c1-20(8-9-22)17(24)13-21-12-14(11-18-21)19-16(23)7-10-25-15-5-3-2-4-6-15/h2-6,11-12,22H,7-10,13H2,1H3,(H,19,23). The molecule has 1 aromatic heterocycles. The quantitative estimate of drug-likeness (QED) is 0.698. The maximum atomic E-state index is 11.9.